The summed E-state index contributed by atoms with van der Waals surface area (Å²) in [6.45, 7) is 9.45. The number of phosphoric ester groups is 2. The highest BCUT2D eigenvalue weighted by atomic mass is 31.2. The van der Waals surface area contributed by atoms with Gasteiger partial charge < -0.3 is 33.8 Å². The average Bonchev–Trinajstić information content (AvgIpc) is 3.71. The Morgan fingerprint density at radius 2 is 0.593 bits per heavy atom. The molecule has 17 nitrogen and oxygen atoms in total. The molecule has 19 heteroatoms. The summed E-state index contributed by atoms with van der Waals surface area (Å²) in [6.07, 6.45) is 52.1. The molecular weight excluding hydrogens is 1200 g/mol. The Labute approximate surface area is 554 Å². The third kappa shape index (κ3) is 66.0. The zero-order valence-corrected chi connectivity index (χ0v) is 60.4. The quantitative estimate of drug-likeness (QED) is 0.0169. The van der Waals surface area contributed by atoms with Crippen LogP contribution in [0.4, 0.5) is 0 Å². The third-order valence-corrected chi connectivity index (χ3v) is 18.0. The van der Waals surface area contributed by atoms with Crippen LogP contribution >= 0.6 is 15.6 Å². The van der Waals surface area contributed by atoms with E-state index in [4.69, 9.17) is 37.0 Å². The van der Waals surface area contributed by atoms with Crippen LogP contribution in [-0.4, -0.2) is 96.7 Å². The first-order valence-corrected chi connectivity index (χ1v) is 39.8. The topological polar surface area (TPSA) is 237 Å². The molecule has 0 aliphatic heterocycles. The molecule has 0 spiro atoms. The van der Waals surface area contributed by atoms with Gasteiger partial charge in [0.05, 0.1) is 26.4 Å². The number of aliphatic hydroxyl groups is 1. The number of carbonyl (C=O) groups excluding carboxylic acids is 4. The summed E-state index contributed by atoms with van der Waals surface area (Å²) in [6, 6.07) is 0. The molecule has 91 heavy (non-hydrogen) atoms. The lowest BCUT2D eigenvalue weighted by atomic mass is 10.0. The lowest BCUT2D eigenvalue weighted by Crippen LogP contribution is -2.30. The van der Waals surface area contributed by atoms with E-state index >= 15 is 0 Å². The maximum Gasteiger partial charge on any atom is 0.472 e. The van der Waals surface area contributed by atoms with Crippen LogP contribution in [0.5, 0.6) is 0 Å². The van der Waals surface area contributed by atoms with Crippen LogP contribution in [0.25, 0.3) is 0 Å². The number of hydrogen-bond acceptors (Lipinski definition) is 15. The van der Waals surface area contributed by atoms with Gasteiger partial charge in [-0.05, 0) is 63.2 Å². The fourth-order valence-electron chi connectivity index (χ4n) is 10.4. The summed E-state index contributed by atoms with van der Waals surface area (Å²) in [5.74, 6) is -0.657. The molecule has 0 amide bonds. The lowest BCUT2D eigenvalue weighted by molar-refractivity contribution is -0.161. The van der Waals surface area contributed by atoms with E-state index in [1.807, 2.05) is 0 Å². The van der Waals surface area contributed by atoms with Gasteiger partial charge in [-0.3, -0.25) is 37.3 Å². The zero-order valence-electron chi connectivity index (χ0n) is 58.6. The minimum atomic E-state index is -4.96. The molecule has 0 saturated carbocycles. The van der Waals surface area contributed by atoms with Gasteiger partial charge in [-0.1, -0.05) is 291 Å². The second-order valence-corrected chi connectivity index (χ2v) is 29.2. The van der Waals surface area contributed by atoms with Crippen molar-refractivity contribution in [3.8, 4) is 0 Å². The molecule has 0 fully saturated rings. The fourth-order valence-corrected chi connectivity index (χ4v) is 12.0. The Hall–Kier alpha value is -2.46. The molecule has 0 aromatic rings. The molecule has 5 atom stereocenters. The molecule has 0 heterocycles. The van der Waals surface area contributed by atoms with Crippen molar-refractivity contribution in [3.05, 3.63) is 24.3 Å². The highest BCUT2D eigenvalue weighted by Crippen LogP contribution is 2.45. The maximum absolute atomic E-state index is 13.0. The summed E-state index contributed by atoms with van der Waals surface area (Å²) in [5.41, 5.74) is 0. The van der Waals surface area contributed by atoms with E-state index in [1.165, 1.54) is 148 Å². The van der Waals surface area contributed by atoms with Gasteiger partial charge in [0.15, 0.2) is 12.2 Å². The molecule has 0 rings (SSSR count). The standard InChI is InChI=1S/C72H136O17P2/c1-7-9-11-13-15-17-19-20-21-22-27-31-38-44-50-56-71(76)88-67(60-83-70(75)55-49-43-37-30-26-24-23-25-28-34-40-46-52-64(3)4)62-86-90(78,79)84-58-66(73)59-85-91(80,81)87-63-68(61-82-69(74)54-48-42-36-29-18-16-14-12-10-8-2)89-72(77)57-51-45-39-33-32-35-41-47-53-65(5)6/h17,19-21,64-68,73H,7-16,18,22-63H2,1-6H3,(H,78,79)(H,80,81)/b19-17-,21-20-/t66-,67-,68-/m1/s1. The van der Waals surface area contributed by atoms with Crippen molar-refractivity contribution >= 4 is 39.5 Å². The number of ether oxygens (including phenoxy) is 4. The number of hydrogen-bond donors (Lipinski definition) is 3. The first kappa shape index (κ1) is 88.5. The molecule has 3 N–H and O–H groups in total. The van der Waals surface area contributed by atoms with E-state index < -0.39 is 97.5 Å². The number of rotatable bonds is 69. The number of esters is 4. The van der Waals surface area contributed by atoms with Gasteiger partial charge in [-0.2, -0.15) is 0 Å². The Morgan fingerprint density at radius 1 is 0.341 bits per heavy atom. The minimum absolute atomic E-state index is 0.0849. The molecule has 0 aliphatic carbocycles. The SMILES string of the molecule is CCCCCC/C=C\C=C/CCCCCCCC(=O)O[C@H](COC(=O)CCCCCCCCCCCCCCC(C)C)COP(=O)(O)OC[C@@H](O)COP(=O)(O)OC[C@@H](COC(=O)CCCCCCCCCCCC)OC(=O)CCCCCCCCCCC(C)C. The molecule has 0 saturated heterocycles. The largest absolute Gasteiger partial charge is 0.472 e. The van der Waals surface area contributed by atoms with Gasteiger partial charge in [0, 0.05) is 25.7 Å². The first-order valence-electron chi connectivity index (χ1n) is 36.8. The molecular formula is C72H136O17P2. The lowest BCUT2D eigenvalue weighted by Gasteiger charge is -2.21. The third-order valence-electron chi connectivity index (χ3n) is 16.1. The van der Waals surface area contributed by atoms with E-state index in [9.17, 15) is 43.2 Å². The Balaban J connectivity index is 5.28. The predicted molar refractivity (Wildman–Crippen MR) is 367 cm³/mol. The van der Waals surface area contributed by atoms with Gasteiger partial charge in [-0.25, -0.2) is 9.13 Å². The van der Waals surface area contributed by atoms with E-state index in [-0.39, 0.29) is 25.7 Å². The van der Waals surface area contributed by atoms with Crippen LogP contribution < -0.4 is 0 Å². The number of unbranched alkanes of at least 4 members (excludes halogenated alkanes) is 36. The molecule has 0 aliphatic rings. The van der Waals surface area contributed by atoms with Crippen LogP contribution in [0.2, 0.25) is 0 Å². The van der Waals surface area contributed by atoms with E-state index in [1.54, 1.807) is 0 Å². The van der Waals surface area contributed by atoms with Crippen molar-refractivity contribution in [2.45, 2.75) is 362 Å². The van der Waals surface area contributed by atoms with Crippen molar-refractivity contribution in [3.63, 3.8) is 0 Å². The Morgan fingerprint density at radius 3 is 0.901 bits per heavy atom. The maximum atomic E-state index is 13.0. The summed E-state index contributed by atoms with van der Waals surface area (Å²) in [4.78, 5) is 72.6. The van der Waals surface area contributed by atoms with Gasteiger partial charge in [-0.15, -0.1) is 0 Å². The number of carbonyl (C=O) groups is 4. The Kier molecular flexibility index (Phi) is 61.9. The van der Waals surface area contributed by atoms with Crippen molar-refractivity contribution < 1.29 is 80.2 Å². The molecule has 0 radical (unpaired) electrons. The average molecular weight is 1340 g/mol. The second kappa shape index (κ2) is 63.6. The van der Waals surface area contributed by atoms with Crippen LogP contribution in [0.15, 0.2) is 24.3 Å². The summed E-state index contributed by atoms with van der Waals surface area (Å²) < 4.78 is 68.3. The minimum Gasteiger partial charge on any atom is -0.462 e. The molecule has 2 unspecified atom stereocenters. The predicted octanol–water partition coefficient (Wildman–Crippen LogP) is 20.3. The first-order chi connectivity index (χ1) is 43.9. The number of aliphatic hydroxyl groups excluding tert-OH is 1. The van der Waals surface area contributed by atoms with Gasteiger partial charge >= 0.3 is 39.5 Å². The van der Waals surface area contributed by atoms with Crippen molar-refractivity contribution in [2.24, 2.45) is 11.8 Å². The van der Waals surface area contributed by atoms with Crippen LogP contribution in [0.1, 0.15) is 343 Å². The second-order valence-electron chi connectivity index (χ2n) is 26.2. The summed E-state index contributed by atoms with van der Waals surface area (Å²) in [7, 11) is -9.91. The number of allylic oxidation sites excluding steroid dienone is 4. The fraction of sp³-hybridized carbons (Fsp3) is 0.889. The molecule has 536 valence electrons. The van der Waals surface area contributed by atoms with Crippen LogP contribution in [0, 0.1) is 11.8 Å². The van der Waals surface area contributed by atoms with Crippen molar-refractivity contribution in [2.75, 3.05) is 39.6 Å². The Bertz CT molecular complexity index is 1860. The zero-order chi connectivity index (χ0) is 67.2. The van der Waals surface area contributed by atoms with Crippen molar-refractivity contribution in [1.82, 2.24) is 0 Å². The van der Waals surface area contributed by atoms with E-state index in [0.29, 0.717) is 25.7 Å². The van der Waals surface area contributed by atoms with E-state index in [2.05, 4.69) is 65.8 Å². The van der Waals surface area contributed by atoms with Gasteiger partial charge in [0.1, 0.15) is 19.3 Å². The normalized spacial score (nSPS) is 14.3. The van der Waals surface area contributed by atoms with Gasteiger partial charge in [0.2, 0.25) is 0 Å². The van der Waals surface area contributed by atoms with Crippen LogP contribution in [0.3, 0.4) is 0 Å². The summed E-state index contributed by atoms with van der Waals surface area (Å²) in [5, 5.41) is 10.6. The monoisotopic (exact) mass is 1330 g/mol. The van der Waals surface area contributed by atoms with Crippen molar-refractivity contribution in [1.29, 1.82) is 0 Å². The molecule has 0 aromatic carbocycles. The highest BCUT2D eigenvalue weighted by molar-refractivity contribution is 7.47. The molecule has 0 aromatic heterocycles. The highest BCUT2D eigenvalue weighted by Gasteiger charge is 2.30. The number of phosphoric acid groups is 2. The smallest absolute Gasteiger partial charge is 0.462 e. The van der Waals surface area contributed by atoms with Gasteiger partial charge in [0.25, 0.3) is 0 Å². The van der Waals surface area contributed by atoms with E-state index in [0.717, 1.165) is 115 Å². The van der Waals surface area contributed by atoms with Crippen LogP contribution in [-0.2, 0) is 65.4 Å². The molecule has 0 bridgehead atoms. The summed E-state index contributed by atoms with van der Waals surface area (Å²) >= 11 is 0.